The van der Waals surface area contributed by atoms with E-state index in [0.717, 1.165) is 17.7 Å². The second-order valence-electron chi connectivity index (χ2n) is 3.67. The van der Waals surface area contributed by atoms with Crippen molar-refractivity contribution in [1.29, 1.82) is 0 Å². The van der Waals surface area contributed by atoms with E-state index in [2.05, 4.69) is 0 Å². The molecule has 80 valence electrons. The fourth-order valence-corrected chi connectivity index (χ4v) is 1.69. The summed E-state index contributed by atoms with van der Waals surface area (Å²) in [4.78, 5) is 13.2. The Morgan fingerprint density at radius 1 is 1.47 bits per heavy atom. The van der Waals surface area contributed by atoms with Gasteiger partial charge < -0.3 is 10.5 Å². The maximum atomic E-state index is 11.5. The summed E-state index contributed by atoms with van der Waals surface area (Å²) >= 11 is 0. The zero-order valence-electron chi connectivity index (χ0n) is 8.69. The molecule has 2 N–H and O–H groups in total. The normalized spacial score (nSPS) is 16.3. The number of benzene rings is 1. The zero-order valence-corrected chi connectivity index (χ0v) is 8.69. The van der Waals surface area contributed by atoms with Gasteiger partial charge in [0.25, 0.3) is 0 Å². The first-order chi connectivity index (χ1) is 7.18. The van der Waals surface area contributed by atoms with Crippen LogP contribution in [-0.4, -0.2) is 19.2 Å². The third-order valence-electron chi connectivity index (χ3n) is 2.50. The van der Waals surface area contributed by atoms with Gasteiger partial charge in [-0.05, 0) is 31.0 Å². The molecule has 0 saturated carbocycles. The van der Waals surface area contributed by atoms with Crippen molar-refractivity contribution in [2.45, 2.75) is 13.3 Å². The minimum absolute atomic E-state index is 0.282. The number of ether oxygens (including phenoxy) is 1. The lowest BCUT2D eigenvalue weighted by molar-refractivity contribution is 0.140. The Hall–Kier alpha value is -1.71. The average Bonchev–Trinajstić information content (AvgIpc) is 2.23. The Balaban J connectivity index is 2.34. The summed E-state index contributed by atoms with van der Waals surface area (Å²) in [5.41, 5.74) is 8.24. The summed E-state index contributed by atoms with van der Waals surface area (Å²) in [6, 6.07) is 5.54. The number of hydrogen-bond donors (Lipinski definition) is 1. The van der Waals surface area contributed by atoms with Crippen molar-refractivity contribution >= 4 is 17.5 Å². The fourth-order valence-electron chi connectivity index (χ4n) is 1.69. The predicted octanol–water partition coefficient (Wildman–Crippen LogP) is 1.92. The Labute approximate surface area is 88.6 Å². The summed E-state index contributed by atoms with van der Waals surface area (Å²) in [6.07, 6.45) is 0.579. The van der Waals surface area contributed by atoms with E-state index in [9.17, 15) is 4.79 Å². The van der Waals surface area contributed by atoms with Gasteiger partial charge in [0.1, 0.15) is 0 Å². The highest BCUT2D eigenvalue weighted by Crippen LogP contribution is 2.25. The molecule has 0 radical (unpaired) electrons. The third kappa shape index (κ3) is 1.88. The van der Waals surface area contributed by atoms with Crippen LogP contribution in [0.25, 0.3) is 0 Å². The van der Waals surface area contributed by atoms with Crippen molar-refractivity contribution in [3.05, 3.63) is 23.8 Å². The number of nitrogen functional groups attached to an aromatic ring is 1. The first kappa shape index (κ1) is 9.83. The molecule has 15 heavy (non-hydrogen) atoms. The van der Waals surface area contributed by atoms with Crippen LogP contribution in [0.3, 0.4) is 0 Å². The van der Waals surface area contributed by atoms with Crippen LogP contribution in [0, 0.1) is 6.92 Å². The van der Waals surface area contributed by atoms with Crippen LogP contribution in [0.1, 0.15) is 12.0 Å². The maximum Gasteiger partial charge on any atom is 0.414 e. The van der Waals surface area contributed by atoms with Crippen LogP contribution >= 0.6 is 0 Å². The highest BCUT2D eigenvalue weighted by Gasteiger charge is 2.22. The number of anilines is 2. The van der Waals surface area contributed by atoms with Gasteiger partial charge in [-0.15, -0.1) is 0 Å². The molecule has 1 aromatic rings. The fraction of sp³-hybridized carbons (Fsp3) is 0.364. The topological polar surface area (TPSA) is 55.6 Å². The largest absolute Gasteiger partial charge is 0.449 e. The lowest BCUT2D eigenvalue weighted by atomic mass is 10.1. The molecular formula is C11H14N2O2. The van der Waals surface area contributed by atoms with Gasteiger partial charge >= 0.3 is 6.09 Å². The number of carbonyl (C=O) groups excluding carboxylic acids is 1. The van der Waals surface area contributed by atoms with Gasteiger partial charge in [0, 0.05) is 12.2 Å². The van der Waals surface area contributed by atoms with Crippen LogP contribution < -0.4 is 10.6 Å². The highest BCUT2D eigenvalue weighted by molar-refractivity contribution is 5.89. The van der Waals surface area contributed by atoms with E-state index in [1.807, 2.05) is 25.1 Å². The van der Waals surface area contributed by atoms with Crippen molar-refractivity contribution in [3.8, 4) is 0 Å². The molecule has 1 aromatic carbocycles. The van der Waals surface area contributed by atoms with E-state index >= 15 is 0 Å². The van der Waals surface area contributed by atoms with E-state index in [1.165, 1.54) is 0 Å². The van der Waals surface area contributed by atoms with Gasteiger partial charge in [-0.1, -0.05) is 6.07 Å². The first-order valence-electron chi connectivity index (χ1n) is 4.99. The van der Waals surface area contributed by atoms with E-state index in [-0.39, 0.29) is 6.09 Å². The molecule has 0 spiro atoms. The monoisotopic (exact) mass is 206 g/mol. The number of rotatable bonds is 1. The number of amides is 1. The first-order valence-corrected chi connectivity index (χ1v) is 4.99. The molecular weight excluding hydrogens is 192 g/mol. The molecule has 0 atom stereocenters. The maximum absolute atomic E-state index is 11.5. The number of nitrogens with zero attached hydrogens (tertiary/aromatic N) is 1. The summed E-state index contributed by atoms with van der Waals surface area (Å²) in [7, 11) is 0. The second-order valence-corrected chi connectivity index (χ2v) is 3.67. The van der Waals surface area contributed by atoms with Crippen molar-refractivity contribution < 1.29 is 9.53 Å². The smallest absolute Gasteiger partial charge is 0.414 e. The van der Waals surface area contributed by atoms with Gasteiger partial charge in [0.05, 0.1) is 12.3 Å². The number of carbonyl (C=O) groups is 1. The average molecular weight is 206 g/mol. The van der Waals surface area contributed by atoms with E-state index in [1.54, 1.807) is 4.90 Å². The van der Waals surface area contributed by atoms with Crippen molar-refractivity contribution in [3.63, 3.8) is 0 Å². The molecule has 1 aliphatic rings. The van der Waals surface area contributed by atoms with Gasteiger partial charge in [-0.25, -0.2) is 4.79 Å². The molecule has 4 heteroatoms. The molecule has 0 unspecified atom stereocenters. The molecule has 1 saturated heterocycles. The Morgan fingerprint density at radius 3 is 3.00 bits per heavy atom. The Kier molecular flexibility index (Phi) is 2.49. The van der Waals surface area contributed by atoms with Crippen LogP contribution in [0.2, 0.25) is 0 Å². The quantitative estimate of drug-likeness (QED) is 0.714. The van der Waals surface area contributed by atoms with Crippen LogP contribution in [0.4, 0.5) is 16.2 Å². The minimum atomic E-state index is -0.282. The van der Waals surface area contributed by atoms with Gasteiger partial charge in [0.2, 0.25) is 0 Å². The molecule has 4 nitrogen and oxygen atoms in total. The molecule has 0 bridgehead atoms. The Morgan fingerprint density at radius 2 is 2.27 bits per heavy atom. The zero-order chi connectivity index (χ0) is 10.8. The van der Waals surface area contributed by atoms with E-state index < -0.39 is 0 Å². The molecule has 1 fully saturated rings. The molecule has 1 amide bonds. The van der Waals surface area contributed by atoms with Crippen LogP contribution in [0.15, 0.2) is 18.2 Å². The summed E-state index contributed by atoms with van der Waals surface area (Å²) in [5.74, 6) is 0. The summed E-state index contributed by atoms with van der Waals surface area (Å²) < 4.78 is 4.99. The van der Waals surface area contributed by atoms with E-state index in [4.69, 9.17) is 10.5 Å². The minimum Gasteiger partial charge on any atom is -0.449 e. The number of cyclic esters (lactones) is 1. The summed E-state index contributed by atoms with van der Waals surface area (Å²) in [6.45, 7) is 3.16. The molecule has 0 aromatic heterocycles. The van der Waals surface area contributed by atoms with Crippen molar-refractivity contribution in [2.75, 3.05) is 23.8 Å². The van der Waals surface area contributed by atoms with Gasteiger partial charge in [0.15, 0.2) is 0 Å². The van der Waals surface area contributed by atoms with E-state index in [0.29, 0.717) is 18.8 Å². The molecule has 2 rings (SSSR count). The number of hydrogen-bond acceptors (Lipinski definition) is 3. The number of nitrogens with two attached hydrogens (primary N) is 1. The third-order valence-corrected chi connectivity index (χ3v) is 2.50. The SMILES string of the molecule is Cc1ccc(N)cc1N1CCCOC1=O. The standard InChI is InChI=1S/C11H14N2O2/c1-8-3-4-9(12)7-10(8)13-5-2-6-15-11(13)14/h3-4,7H,2,5-6,12H2,1H3. The van der Waals surface area contributed by atoms with Crippen molar-refractivity contribution in [2.24, 2.45) is 0 Å². The summed E-state index contributed by atoms with van der Waals surface area (Å²) in [5, 5.41) is 0. The predicted molar refractivity (Wildman–Crippen MR) is 58.9 cm³/mol. The van der Waals surface area contributed by atoms with Gasteiger partial charge in [-0.2, -0.15) is 0 Å². The van der Waals surface area contributed by atoms with Crippen molar-refractivity contribution in [1.82, 2.24) is 0 Å². The lowest BCUT2D eigenvalue weighted by Gasteiger charge is -2.27. The Bertz CT molecular complexity index is 390. The molecule has 0 aliphatic carbocycles. The van der Waals surface area contributed by atoms with Crippen LogP contribution in [0.5, 0.6) is 0 Å². The molecule has 1 heterocycles. The number of aryl methyl sites for hydroxylation is 1. The molecule has 1 aliphatic heterocycles. The van der Waals surface area contributed by atoms with Crippen LogP contribution in [-0.2, 0) is 4.74 Å². The highest BCUT2D eigenvalue weighted by atomic mass is 16.6. The van der Waals surface area contributed by atoms with Gasteiger partial charge in [-0.3, -0.25) is 4.90 Å². The lowest BCUT2D eigenvalue weighted by Crippen LogP contribution is -2.38. The second kappa shape index (κ2) is 3.81.